The van der Waals surface area contributed by atoms with Gasteiger partial charge < -0.3 is 15.4 Å². The molecule has 1 rings (SSSR count). The Morgan fingerprint density at radius 3 is 2.62 bits per heavy atom. The Morgan fingerprint density at radius 1 is 1.38 bits per heavy atom. The first kappa shape index (κ1) is 17.2. The van der Waals surface area contributed by atoms with E-state index in [1.807, 2.05) is 0 Å². The van der Waals surface area contributed by atoms with Crippen molar-refractivity contribution in [1.29, 1.82) is 0 Å². The van der Waals surface area contributed by atoms with Crippen molar-refractivity contribution in [3.8, 4) is 0 Å². The molecule has 0 aliphatic rings. The first-order valence-corrected chi connectivity index (χ1v) is 6.58. The van der Waals surface area contributed by atoms with Gasteiger partial charge in [-0.15, -0.1) is 0 Å². The van der Waals surface area contributed by atoms with Crippen LogP contribution in [-0.4, -0.2) is 29.1 Å². The molecule has 0 saturated carbocycles. The molecule has 0 aromatic carbocycles. The molecule has 0 radical (unpaired) electrons. The van der Waals surface area contributed by atoms with E-state index < -0.39 is 23.4 Å². The van der Waals surface area contributed by atoms with Gasteiger partial charge in [-0.05, 0) is 26.8 Å². The summed E-state index contributed by atoms with van der Waals surface area (Å²) >= 11 is 5.57. The number of amides is 2. The highest BCUT2D eigenvalue weighted by atomic mass is 35.5. The zero-order valence-electron chi connectivity index (χ0n) is 12.0. The Bertz CT molecular complexity index is 532. The number of hydrogen-bond acceptors (Lipinski definition) is 4. The summed E-state index contributed by atoms with van der Waals surface area (Å²) in [5, 5.41) is 4.89. The number of alkyl carbamates (subject to hydrolysis) is 1. The molecule has 21 heavy (non-hydrogen) atoms. The van der Waals surface area contributed by atoms with Crippen molar-refractivity contribution in [1.82, 2.24) is 15.6 Å². The van der Waals surface area contributed by atoms with Gasteiger partial charge in [-0.1, -0.05) is 11.6 Å². The second kappa shape index (κ2) is 7.21. The summed E-state index contributed by atoms with van der Waals surface area (Å²) in [5.41, 5.74) is -0.582. The Kier molecular flexibility index (Phi) is 5.90. The number of nitrogens with one attached hydrogen (secondary N) is 2. The molecule has 2 N–H and O–H groups in total. The lowest BCUT2D eigenvalue weighted by Crippen LogP contribution is -2.39. The molecule has 0 fully saturated rings. The molecule has 8 heteroatoms. The highest BCUT2D eigenvalue weighted by Gasteiger charge is 2.16. The SMILES string of the molecule is CC(C)(C)OC(=O)NCC(=O)NCc1ncc(Cl)cc1F. The molecule has 0 aliphatic heterocycles. The number of rotatable bonds is 4. The van der Waals surface area contributed by atoms with Crippen LogP contribution in [0.4, 0.5) is 9.18 Å². The van der Waals surface area contributed by atoms with Gasteiger partial charge in [-0.25, -0.2) is 9.18 Å². The van der Waals surface area contributed by atoms with Crippen LogP contribution in [0.15, 0.2) is 12.3 Å². The lowest BCUT2D eigenvalue weighted by atomic mass is 10.2. The molecule has 1 aromatic rings. The molecular formula is C13H17ClFN3O3. The van der Waals surface area contributed by atoms with E-state index in [4.69, 9.17) is 16.3 Å². The topological polar surface area (TPSA) is 80.3 Å². The predicted molar refractivity (Wildman–Crippen MR) is 75.3 cm³/mol. The van der Waals surface area contributed by atoms with Gasteiger partial charge in [-0.3, -0.25) is 9.78 Å². The summed E-state index contributed by atoms with van der Waals surface area (Å²) in [6, 6.07) is 1.11. The first-order chi connectivity index (χ1) is 9.67. The number of ether oxygens (including phenoxy) is 1. The van der Waals surface area contributed by atoms with E-state index in [1.54, 1.807) is 20.8 Å². The van der Waals surface area contributed by atoms with Crippen molar-refractivity contribution in [2.75, 3.05) is 6.54 Å². The van der Waals surface area contributed by atoms with E-state index in [1.165, 1.54) is 6.20 Å². The summed E-state index contributed by atoms with van der Waals surface area (Å²) < 4.78 is 18.4. The fourth-order valence-electron chi connectivity index (χ4n) is 1.28. The van der Waals surface area contributed by atoms with Crippen molar-refractivity contribution < 1.29 is 18.7 Å². The fraction of sp³-hybridized carbons (Fsp3) is 0.462. The standard InChI is InChI=1S/C13H17ClFN3O3/c1-13(2,3)21-12(20)18-7-11(19)17-6-10-9(15)4-8(14)5-16-10/h4-5H,6-7H2,1-3H3,(H,17,19)(H,18,20). The summed E-state index contributed by atoms with van der Waals surface area (Å²) in [6.07, 6.45) is 0.582. The van der Waals surface area contributed by atoms with Crippen molar-refractivity contribution in [3.05, 3.63) is 28.8 Å². The van der Waals surface area contributed by atoms with Crippen molar-refractivity contribution in [2.24, 2.45) is 0 Å². The van der Waals surface area contributed by atoms with Crippen LogP contribution in [0.25, 0.3) is 0 Å². The Hall–Kier alpha value is -1.89. The Morgan fingerprint density at radius 2 is 2.05 bits per heavy atom. The monoisotopic (exact) mass is 317 g/mol. The molecular weight excluding hydrogens is 301 g/mol. The van der Waals surface area contributed by atoms with Gasteiger partial charge in [0, 0.05) is 6.20 Å². The van der Waals surface area contributed by atoms with E-state index in [2.05, 4.69) is 15.6 Å². The third-order valence-corrected chi connectivity index (χ3v) is 2.34. The van der Waals surface area contributed by atoms with E-state index in [9.17, 15) is 14.0 Å². The maximum absolute atomic E-state index is 13.4. The van der Waals surface area contributed by atoms with Crippen LogP contribution in [0.5, 0.6) is 0 Å². The lowest BCUT2D eigenvalue weighted by molar-refractivity contribution is -0.120. The van der Waals surface area contributed by atoms with Gasteiger partial charge in [0.1, 0.15) is 18.0 Å². The molecule has 1 heterocycles. The van der Waals surface area contributed by atoms with Gasteiger partial charge in [0.05, 0.1) is 17.3 Å². The average Bonchev–Trinajstić information content (AvgIpc) is 2.33. The number of carbonyl (C=O) groups is 2. The van der Waals surface area contributed by atoms with Crippen LogP contribution in [-0.2, 0) is 16.1 Å². The van der Waals surface area contributed by atoms with Crippen LogP contribution in [0.3, 0.4) is 0 Å². The van der Waals surface area contributed by atoms with Gasteiger partial charge in [0.15, 0.2) is 0 Å². The van der Waals surface area contributed by atoms with Gasteiger partial charge in [0.2, 0.25) is 5.91 Å². The molecule has 0 unspecified atom stereocenters. The van der Waals surface area contributed by atoms with E-state index in [0.29, 0.717) is 0 Å². The largest absolute Gasteiger partial charge is 0.444 e. The molecule has 0 bridgehead atoms. The normalized spacial score (nSPS) is 10.9. The summed E-state index contributed by atoms with van der Waals surface area (Å²) in [5.74, 6) is -1.10. The molecule has 0 atom stereocenters. The molecule has 6 nitrogen and oxygen atoms in total. The number of halogens is 2. The summed E-state index contributed by atoms with van der Waals surface area (Å²) in [6.45, 7) is 4.76. The van der Waals surface area contributed by atoms with Crippen LogP contribution >= 0.6 is 11.6 Å². The van der Waals surface area contributed by atoms with E-state index in [-0.39, 0.29) is 23.8 Å². The average molecular weight is 318 g/mol. The number of hydrogen-bond donors (Lipinski definition) is 2. The van der Waals surface area contributed by atoms with Crippen molar-refractivity contribution in [3.63, 3.8) is 0 Å². The molecule has 116 valence electrons. The summed E-state index contributed by atoms with van der Waals surface area (Å²) in [4.78, 5) is 26.6. The molecule has 0 aliphatic carbocycles. The lowest BCUT2D eigenvalue weighted by Gasteiger charge is -2.19. The minimum absolute atomic E-state index is 0.0602. The van der Waals surface area contributed by atoms with Crippen LogP contribution < -0.4 is 10.6 Å². The number of carbonyl (C=O) groups excluding carboxylic acids is 2. The highest BCUT2D eigenvalue weighted by molar-refractivity contribution is 6.30. The maximum atomic E-state index is 13.4. The van der Waals surface area contributed by atoms with E-state index >= 15 is 0 Å². The second-order valence-electron chi connectivity index (χ2n) is 5.21. The highest BCUT2D eigenvalue weighted by Crippen LogP contribution is 2.11. The van der Waals surface area contributed by atoms with Crippen molar-refractivity contribution >= 4 is 23.6 Å². The first-order valence-electron chi connectivity index (χ1n) is 6.21. The predicted octanol–water partition coefficient (Wildman–Crippen LogP) is 2.01. The number of nitrogens with zero attached hydrogens (tertiary/aromatic N) is 1. The number of aromatic nitrogens is 1. The van der Waals surface area contributed by atoms with Gasteiger partial charge >= 0.3 is 6.09 Å². The van der Waals surface area contributed by atoms with Crippen LogP contribution in [0.2, 0.25) is 5.02 Å². The third-order valence-electron chi connectivity index (χ3n) is 2.13. The quantitative estimate of drug-likeness (QED) is 0.890. The minimum atomic E-state index is -0.701. The maximum Gasteiger partial charge on any atom is 0.408 e. The second-order valence-corrected chi connectivity index (χ2v) is 5.65. The van der Waals surface area contributed by atoms with Crippen molar-refractivity contribution in [2.45, 2.75) is 32.9 Å². The summed E-state index contributed by atoms with van der Waals surface area (Å²) in [7, 11) is 0. The smallest absolute Gasteiger partial charge is 0.408 e. The Labute approximate surface area is 127 Å². The van der Waals surface area contributed by atoms with Crippen LogP contribution in [0.1, 0.15) is 26.5 Å². The zero-order valence-corrected chi connectivity index (χ0v) is 12.8. The fourth-order valence-corrected chi connectivity index (χ4v) is 1.43. The van der Waals surface area contributed by atoms with E-state index in [0.717, 1.165) is 6.07 Å². The molecule has 0 saturated heterocycles. The molecule has 2 amide bonds. The third kappa shape index (κ3) is 6.89. The molecule has 1 aromatic heterocycles. The van der Waals surface area contributed by atoms with Gasteiger partial charge in [-0.2, -0.15) is 0 Å². The molecule has 0 spiro atoms. The van der Waals surface area contributed by atoms with Crippen LogP contribution in [0, 0.1) is 5.82 Å². The Balaban J connectivity index is 2.36. The van der Waals surface area contributed by atoms with Gasteiger partial charge in [0.25, 0.3) is 0 Å². The zero-order chi connectivity index (χ0) is 16.0. The minimum Gasteiger partial charge on any atom is -0.444 e. The number of pyridine rings is 1.